The van der Waals surface area contributed by atoms with Crippen LogP contribution >= 0.6 is 0 Å². The maximum atomic E-state index is 10.3. The van der Waals surface area contributed by atoms with Gasteiger partial charge in [-0.3, -0.25) is 0 Å². The molecular weight excluding hydrogens is 424 g/mol. The number of hydrogen-bond donors (Lipinski definition) is 1. The van der Waals surface area contributed by atoms with Gasteiger partial charge in [0.05, 0.1) is 36.6 Å². The van der Waals surface area contributed by atoms with E-state index in [1.165, 1.54) is 0 Å². The molecule has 0 amide bonds. The van der Waals surface area contributed by atoms with E-state index in [9.17, 15) is 15.8 Å². The normalized spacial score (nSPS) is 23.6. The molecule has 1 aromatic rings. The summed E-state index contributed by atoms with van der Waals surface area (Å²) in [5.74, 6) is 0.847. The van der Waals surface area contributed by atoms with Crippen LogP contribution in [0.4, 0.5) is 0 Å². The van der Waals surface area contributed by atoms with Crippen molar-refractivity contribution in [3.63, 3.8) is 0 Å². The molecule has 1 unspecified atom stereocenters. The first kappa shape index (κ1) is 25.2. The van der Waals surface area contributed by atoms with E-state index in [-0.39, 0.29) is 22.6 Å². The lowest BCUT2D eigenvalue weighted by Gasteiger charge is -2.47. The molecule has 0 bridgehead atoms. The van der Waals surface area contributed by atoms with E-state index < -0.39 is 11.3 Å². The van der Waals surface area contributed by atoms with E-state index in [4.69, 9.17) is 15.2 Å². The zero-order chi connectivity index (χ0) is 25.1. The van der Waals surface area contributed by atoms with Gasteiger partial charge in [0, 0.05) is 5.92 Å². The molecule has 2 N–H and O–H groups in total. The van der Waals surface area contributed by atoms with Crippen LogP contribution in [0.3, 0.4) is 0 Å². The van der Waals surface area contributed by atoms with E-state index in [1.807, 2.05) is 32.0 Å². The number of rotatable bonds is 6. The SMILES string of the molecule is CCCOc1ccc([C@@H]2[C@H]3CC(C(C)(C)C)CC=C3C(C#N)=C(N)C2(C#N)C#N)cc1OCC. The van der Waals surface area contributed by atoms with Gasteiger partial charge in [0.1, 0.15) is 6.07 Å². The first-order chi connectivity index (χ1) is 16.2. The van der Waals surface area contributed by atoms with Crippen LogP contribution in [0.15, 0.2) is 41.1 Å². The molecule has 34 heavy (non-hydrogen) atoms. The van der Waals surface area contributed by atoms with Crippen molar-refractivity contribution in [3.05, 3.63) is 46.7 Å². The highest BCUT2D eigenvalue weighted by Gasteiger charge is 2.55. The Balaban J connectivity index is 2.25. The van der Waals surface area contributed by atoms with Crippen molar-refractivity contribution in [2.24, 2.45) is 28.4 Å². The second-order valence-electron chi connectivity index (χ2n) is 10.2. The Morgan fingerprint density at radius 1 is 1.09 bits per heavy atom. The van der Waals surface area contributed by atoms with Crippen LogP contribution in [0.1, 0.15) is 65.4 Å². The predicted molar refractivity (Wildman–Crippen MR) is 130 cm³/mol. The van der Waals surface area contributed by atoms with Gasteiger partial charge in [0.15, 0.2) is 16.9 Å². The van der Waals surface area contributed by atoms with E-state index in [1.54, 1.807) is 0 Å². The molecule has 1 aromatic carbocycles. The molecule has 3 rings (SSSR count). The van der Waals surface area contributed by atoms with Crippen molar-refractivity contribution < 1.29 is 9.47 Å². The summed E-state index contributed by atoms with van der Waals surface area (Å²) in [7, 11) is 0. The van der Waals surface area contributed by atoms with Gasteiger partial charge in [-0.15, -0.1) is 0 Å². The molecule has 0 aliphatic heterocycles. The van der Waals surface area contributed by atoms with Crippen LogP contribution < -0.4 is 15.2 Å². The molecule has 0 spiro atoms. The fraction of sp³-hybridized carbons (Fsp3) is 0.536. The molecule has 6 nitrogen and oxygen atoms in total. The number of nitrogens with zero attached hydrogens (tertiary/aromatic N) is 3. The largest absolute Gasteiger partial charge is 0.490 e. The van der Waals surface area contributed by atoms with Gasteiger partial charge in [-0.1, -0.05) is 39.8 Å². The van der Waals surface area contributed by atoms with Crippen molar-refractivity contribution in [2.75, 3.05) is 13.2 Å². The summed E-state index contributed by atoms with van der Waals surface area (Å²) in [6, 6.07) is 12.3. The number of ether oxygens (including phenoxy) is 2. The lowest BCUT2D eigenvalue weighted by Crippen LogP contribution is -2.44. The molecule has 0 heterocycles. The Morgan fingerprint density at radius 2 is 1.79 bits per heavy atom. The van der Waals surface area contributed by atoms with Crippen molar-refractivity contribution in [1.82, 2.24) is 0 Å². The summed E-state index contributed by atoms with van der Waals surface area (Å²) in [5, 5.41) is 30.6. The minimum Gasteiger partial charge on any atom is -0.490 e. The summed E-state index contributed by atoms with van der Waals surface area (Å²) in [4.78, 5) is 0. The van der Waals surface area contributed by atoms with E-state index in [0.717, 1.165) is 30.4 Å². The first-order valence-corrected chi connectivity index (χ1v) is 12.0. The van der Waals surface area contributed by atoms with Crippen molar-refractivity contribution in [2.45, 2.75) is 59.8 Å². The zero-order valence-electron chi connectivity index (χ0n) is 20.8. The first-order valence-electron chi connectivity index (χ1n) is 12.0. The minimum absolute atomic E-state index is 0.0440. The molecule has 0 fully saturated rings. The summed E-state index contributed by atoms with van der Waals surface area (Å²) in [5.41, 5.74) is 6.82. The monoisotopic (exact) mass is 458 g/mol. The smallest absolute Gasteiger partial charge is 0.191 e. The fourth-order valence-corrected chi connectivity index (χ4v) is 5.29. The molecule has 0 aromatic heterocycles. The second-order valence-corrected chi connectivity index (χ2v) is 10.2. The third-order valence-electron chi connectivity index (χ3n) is 7.19. The molecule has 6 heteroatoms. The van der Waals surface area contributed by atoms with Gasteiger partial charge in [-0.05, 0) is 66.7 Å². The number of hydrogen-bond acceptors (Lipinski definition) is 6. The lowest BCUT2D eigenvalue weighted by atomic mass is 9.54. The molecule has 0 saturated carbocycles. The maximum Gasteiger partial charge on any atom is 0.191 e. The van der Waals surface area contributed by atoms with Crippen LogP contribution in [-0.4, -0.2) is 13.2 Å². The van der Waals surface area contributed by atoms with Gasteiger partial charge in [0.2, 0.25) is 0 Å². The quantitative estimate of drug-likeness (QED) is 0.581. The van der Waals surface area contributed by atoms with E-state index in [0.29, 0.717) is 30.6 Å². The lowest BCUT2D eigenvalue weighted by molar-refractivity contribution is 0.170. The van der Waals surface area contributed by atoms with Gasteiger partial charge in [-0.25, -0.2) is 0 Å². The number of nitriles is 3. The highest BCUT2D eigenvalue weighted by molar-refractivity contribution is 5.60. The Hall–Kier alpha value is -3.43. The molecule has 0 saturated heterocycles. The Bertz CT molecular complexity index is 1110. The summed E-state index contributed by atoms with van der Waals surface area (Å²) in [6.45, 7) is 11.6. The Labute approximate surface area is 203 Å². The molecule has 178 valence electrons. The van der Waals surface area contributed by atoms with Crippen molar-refractivity contribution in [3.8, 4) is 29.7 Å². The van der Waals surface area contributed by atoms with Gasteiger partial charge < -0.3 is 15.2 Å². The zero-order valence-corrected chi connectivity index (χ0v) is 20.8. The number of benzene rings is 1. The summed E-state index contributed by atoms with van der Waals surface area (Å²) < 4.78 is 11.7. The average Bonchev–Trinajstić information content (AvgIpc) is 2.82. The third kappa shape index (κ3) is 4.24. The van der Waals surface area contributed by atoms with Crippen LogP contribution in [0.2, 0.25) is 0 Å². The maximum absolute atomic E-state index is 10.3. The molecular formula is C28H34N4O2. The molecule has 2 aliphatic rings. The minimum atomic E-state index is -1.65. The van der Waals surface area contributed by atoms with Crippen LogP contribution in [0, 0.1) is 56.7 Å². The third-order valence-corrected chi connectivity index (χ3v) is 7.19. The molecule has 3 atom stereocenters. The standard InChI is InChI=1S/C28H34N4O2/c1-6-12-34-23-11-8-18(13-24(23)33-7-2)25-21-14-19(27(3,4)5)9-10-20(21)22(15-29)26(32)28(25,16-30)17-31/h8,10-11,13,19,21,25H,6-7,9,12,14,32H2,1-5H3/t19?,21-,25+/m0/s1. The van der Waals surface area contributed by atoms with Crippen LogP contribution in [0.25, 0.3) is 0 Å². The van der Waals surface area contributed by atoms with Crippen molar-refractivity contribution in [1.29, 1.82) is 15.8 Å². The molecule has 2 aliphatic carbocycles. The van der Waals surface area contributed by atoms with Crippen LogP contribution in [0.5, 0.6) is 11.5 Å². The highest BCUT2D eigenvalue weighted by atomic mass is 16.5. The topological polar surface area (TPSA) is 116 Å². The number of allylic oxidation sites excluding steroid dienone is 4. The predicted octanol–water partition coefficient (Wildman–Crippen LogP) is 5.74. The Morgan fingerprint density at radius 3 is 2.35 bits per heavy atom. The van der Waals surface area contributed by atoms with Crippen LogP contribution in [-0.2, 0) is 0 Å². The molecule has 0 radical (unpaired) electrons. The van der Waals surface area contributed by atoms with E-state index >= 15 is 0 Å². The number of fused-ring (bicyclic) bond motifs is 1. The van der Waals surface area contributed by atoms with Gasteiger partial charge in [-0.2, -0.15) is 15.8 Å². The summed E-state index contributed by atoms with van der Waals surface area (Å²) in [6.07, 6.45) is 4.57. The van der Waals surface area contributed by atoms with Gasteiger partial charge >= 0.3 is 0 Å². The highest BCUT2D eigenvalue weighted by Crippen LogP contribution is 2.58. The van der Waals surface area contributed by atoms with E-state index in [2.05, 4.69) is 45.1 Å². The second kappa shape index (κ2) is 9.82. The summed E-state index contributed by atoms with van der Waals surface area (Å²) >= 11 is 0. The fourth-order valence-electron chi connectivity index (χ4n) is 5.29. The van der Waals surface area contributed by atoms with Crippen molar-refractivity contribution >= 4 is 0 Å². The average molecular weight is 459 g/mol. The Kier molecular flexibility index (Phi) is 7.28. The van der Waals surface area contributed by atoms with Gasteiger partial charge in [0.25, 0.3) is 0 Å². The number of nitrogens with two attached hydrogens (primary N) is 1.